The highest BCUT2D eigenvalue weighted by atomic mass is 127. The molecule has 0 spiro atoms. The summed E-state index contributed by atoms with van der Waals surface area (Å²) < 4.78 is 5.80. The highest BCUT2D eigenvalue weighted by Crippen LogP contribution is 2.21. The summed E-state index contributed by atoms with van der Waals surface area (Å²) in [7, 11) is 1.62. The standard InChI is InChI=1S/C13H18INO3/c1-4-15(9(2)8-18-3)13(17)10-5-6-11(14)12(16)7-10/h5-7,9,16H,4,8H2,1-3H3. The Hall–Kier alpha value is -0.820. The number of aromatic hydroxyl groups is 1. The van der Waals surface area contributed by atoms with Gasteiger partial charge in [-0.1, -0.05) is 0 Å². The first kappa shape index (κ1) is 15.2. The third kappa shape index (κ3) is 3.58. The fourth-order valence-electron chi connectivity index (χ4n) is 1.80. The van der Waals surface area contributed by atoms with E-state index in [0.29, 0.717) is 18.7 Å². The van der Waals surface area contributed by atoms with Crippen LogP contribution in [-0.2, 0) is 4.74 Å². The van der Waals surface area contributed by atoms with E-state index in [1.807, 2.05) is 36.4 Å². The number of ether oxygens (including phenoxy) is 1. The van der Waals surface area contributed by atoms with Crippen LogP contribution in [0.5, 0.6) is 5.75 Å². The number of phenolic OH excluding ortho intramolecular Hbond substituents is 1. The number of carbonyl (C=O) groups is 1. The number of nitrogens with zero attached hydrogens (tertiary/aromatic N) is 1. The van der Waals surface area contributed by atoms with E-state index in [1.54, 1.807) is 24.1 Å². The second kappa shape index (κ2) is 6.94. The van der Waals surface area contributed by atoms with Crippen LogP contribution >= 0.6 is 22.6 Å². The molecule has 1 N–H and O–H groups in total. The number of carbonyl (C=O) groups excluding carboxylic acids is 1. The lowest BCUT2D eigenvalue weighted by atomic mass is 10.1. The monoisotopic (exact) mass is 363 g/mol. The smallest absolute Gasteiger partial charge is 0.254 e. The van der Waals surface area contributed by atoms with Crippen LogP contribution in [-0.4, -0.2) is 42.2 Å². The Balaban J connectivity index is 2.92. The lowest BCUT2D eigenvalue weighted by Gasteiger charge is -2.27. The average molecular weight is 363 g/mol. The van der Waals surface area contributed by atoms with Crippen LogP contribution in [0.3, 0.4) is 0 Å². The first-order chi connectivity index (χ1) is 8.51. The molecule has 0 bridgehead atoms. The second-order valence-electron chi connectivity index (χ2n) is 4.06. The summed E-state index contributed by atoms with van der Waals surface area (Å²) in [6.07, 6.45) is 0. The molecule has 0 saturated heterocycles. The van der Waals surface area contributed by atoms with Crippen LogP contribution < -0.4 is 0 Å². The van der Waals surface area contributed by atoms with E-state index in [0.717, 1.165) is 3.57 Å². The number of phenols is 1. The van der Waals surface area contributed by atoms with Crippen molar-refractivity contribution < 1.29 is 14.6 Å². The van der Waals surface area contributed by atoms with Crippen molar-refractivity contribution in [3.05, 3.63) is 27.3 Å². The first-order valence-electron chi connectivity index (χ1n) is 5.79. The Bertz CT molecular complexity index is 423. The Kier molecular flexibility index (Phi) is 5.87. The normalized spacial score (nSPS) is 12.2. The van der Waals surface area contributed by atoms with E-state index >= 15 is 0 Å². The van der Waals surface area contributed by atoms with Crippen LogP contribution in [0.1, 0.15) is 24.2 Å². The van der Waals surface area contributed by atoms with Gasteiger partial charge in [0, 0.05) is 19.2 Å². The van der Waals surface area contributed by atoms with Gasteiger partial charge in [-0.15, -0.1) is 0 Å². The molecule has 1 amide bonds. The largest absolute Gasteiger partial charge is 0.507 e. The van der Waals surface area contributed by atoms with Gasteiger partial charge in [0.15, 0.2) is 0 Å². The maximum atomic E-state index is 12.3. The van der Waals surface area contributed by atoms with Crippen molar-refractivity contribution in [2.24, 2.45) is 0 Å². The molecule has 0 fully saturated rings. The third-order valence-corrected chi connectivity index (χ3v) is 3.65. The van der Waals surface area contributed by atoms with Gasteiger partial charge in [-0.2, -0.15) is 0 Å². The molecule has 0 aliphatic rings. The first-order valence-corrected chi connectivity index (χ1v) is 6.87. The van der Waals surface area contributed by atoms with Gasteiger partial charge in [0.1, 0.15) is 5.75 Å². The molecule has 1 atom stereocenters. The van der Waals surface area contributed by atoms with E-state index in [2.05, 4.69) is 0 Å². The number of likely N-dealkylation sites (N-methyl/N-ethyl adjacent to an activating group) is 1. The van der Waals surface area contributed by atoms with Crippen molar-refractivity contribution in [1.29, 1.82) is 0 Å². The lowest BCUT2D eigenvalue weighted by molar-refractivity contribution is 0.0579. The SMILES string of the molecule is CCN(C(=O)c1ccc(I)c(O)c1)C(C)COC. The second-order valence-corrected chi connectivity index (χ2v) is 5.22. The third-order valence-electron chi connectivity index (χ3n) is 2.73. The summed E-state index contributed by atoms with van der Waals surface area (Å²) in [5.41, 5.74) is 0.498. The summed E-state index contributed by atoms with van der Waals surface area (Å²) in [6, 6.07) is 4.98. The summed E-state index contributed by atoms with van der Waals surface area (Å²) in [5.74, 6) is 0.0469. The number of rotatable bonds is 5. The maximum Gasteiger partial charge on any atom is 0.254 e. The molecule has 100 valence electrons. The molecule has 0 saturated carbocycles. The number of methoxy groups -OCH3 is 1. The van der Waals surface area contributed by atoms with Crippen molar-refractivity contribution in [2.75, 3.05) is 20.3 Å². The molecule has 1 rings (SSSR count). The minimum absolute atomic E-state index is 0.00826. The van der Waals surface area contributed by atoms with E-state index in [1.165, 1.54) is 6.07 Å². The van der Waals surface area contributed by atoms with Gasteiger partial charge >= 0.3 is 0 Å². The molecule has 0 radical (unpaired) electrons. The summed E-state index contributed by atoms with van der Waals surface area (Å²) in [4.78, 5) is 14.0. The molecule has 18 heavy (non-hydrogen) atoms. The number of hydrogen-bond acceptors (Lipinski definition) is 3. The zero-order valence-electron chi connectivity index (χ0n) is 10.8. The fraction of sp³-hybridized carbons (Fsp3) is 0.462. The topological polar surface area (TPSA) is 49.8 Å². The molecule has 0 heterocycles. The van der Waals surface area contributed by atoms with Crippen molar-refractivity contribution in [2.45, 2.75) is 19.9 Å². The van der Waals surface area contributed by atoms with Gasteiger partial charge in [-0.25, -0.2) is 0 Å². The highest BCUT2D eigenvalue weighted by molar-refractivity contribution is 14.1. The summed E-state index contributed by atoms with van der Waals surface area (Å²) in [6.45, 7) is 4.97. The number of amides is 1. The molecule has 0 aliphatic heterocycles. The van der Waals surface area contributed by atoms with Crippen molar-refractivity contribution in [3.8, 4) is 5.75 Å². The average Bonchev–Trinajstić information content (AvgIpc) is 2.33. The lowest BCUT2D eigenvalue weighted by Crippen LogP contribution is -2.40. The predicted octanol–water partition coefficient (Wildman–Crippen LogP) is 2.49. The molecule has 1 aromatic rings. The van der Waals surface area contributed by atoms with Gasteiger partial charge < -0.3 is 14.7 Å². The molecule has 5 heteroatoms. The Morgan fingerprint density at radius 2 is 2.22 bits per heavy atom. The predicted molar refractivity (Wildman–Crippen MR) is 78.9 cm³/mol. The van der Waals surface area contributed by atoms with Crippen molar-refractivity contribution >= 4 is 28.5 Å². The van der Waals surface area contributed by atoms with E-state index in [9.17, 15) is 9.90 Å². The van der Waals surface area contributed by atoms with Gasteiger partial charge in [0.05, 0.1) is 16.2 Å². The van der Waals surface area contributed by atoms with Crippen LogP contribution in [0.15, 0.2) is 18.2 Å². The summed E-state index contributed by atoms with van der Waals surface area (Å²) in [5, 5.41) is 9.64. The minimum Gasteiger partial charge on any atom is -0.507 e. The van der Waals surface area contributed by atoms with Crippen LogP contribution in [0, 0.1) is 3.57 Å². The van der Waals surface area contributed by atoms with Crippen LogP contribution in [0.25, 0.3) is 0 Å². The Morgan fingerprint density at radius 1 is 1.56 bits per heavy atom. The number of halogens is 1. The molecule has 4 nitrogen and oxygen atoms in total. The number of hydrogen-bond donors (Lipinski definition) is 1. The number of benzene rings is 1. The van der Waals surface area contributed by atoms with E-state index in [4.69, 9.17) is 4.74 Å². The minimum atomic E-state index is -0.0891. The van der Waals surface area contributed by atoms with Gasteiger partial charge in [0.2, 0.25) is 0 Å². The molecular formula is C13H18INO3. The maximum absolute atomic E-state index is 12.3. The Labute approximate surface area is 121 Å². The van der Waals surface area contributed by atoms with Crippen LogP contribution in [0.2, 0.25) is 0 Å². The van der Waals surface area contributed by atoms with Gasteiger partial charge in [-0.3, -0.25) is 4.79 Å². The molecular weight excluding hydrogens is 345 g/mol. The van der Waals surface area contributed by atoms with Crippen molar-refractivity contribution in [1.82, 2.24) is 4.90 Å². The Morgan fingerprint density at radius 3 is 2.72 bits per heavy atom. The molecule has 1 unspecified atom stereocenters. The molecule has 0 aromatic heterocycles. The van der Waals surface area contributed by atoms with Gasteiger partial charge in [0.25, 0.3) is 5.91 Å². The summed E-state index contributed by atoms with van der Waals surface area (Å²) >= 11 is 2.02. The molecule has 1 aromatic carbocycles. The zero-order valence-corrected chi connectivity index (χ0v) is 13.0. The van der Waals surface area contributed by atoms with Crippen molar-refractivity contribution in [3.63, 3.8) is 0 Å². The molecule has 0 aliphatic carbocycles. The van der Waals surface area contributed by atoms with E-state index < -0.39 is 0 Å². The fourth-order valence-corrected chi connectivity index (χ4v) is 2.13. The zero-order chi connectivity index (χ0) is 13.7. The van der Waals surface area contributed by atoms with Gasteiger partial charge in [-0.05, 0) is 54.6 Å². The quantitative estimate of drug-likeness (QED) is 0.818. The highest BCUT2D eigenvalue weighted by Gasteiger charge is 2.20. The van der Waals surface area contributed by atoms with E-state index in [-0.39, 0.29) is 17.7 Å². The van der Waals surface area contributed by atoms with Crippen LogP contribution in [0.4, 0.5) is 0 Å².